The number of nitrogens with one attached hydrogen (secondary N) is 1. The van der Waals surface area contributed by atoms with Crippen LogP contribution in [0.2, 0.25) is 0 Å². The maximum atomic E-state index is 6.05. The third-order valence-electron chi connectivity index (χ3n) is 5.08. The molecule has 0 spiro atoms. The Bertz CT molecular complexity index is 574. The lowest BCUT2D eigenvalue weighted by Gasteiger charge is -2.21. The first-order valence-corrected chi connectivity index (χ1v) is 9.66. The summed E-state index contributed by atoms with van der Waals surface area (Å²) >= 11 is 0. The van der Waals surface area contributed by atoms with E-state index in [1.54, 1.807) is 0 Å². The number of rotatable bonds is 7. The van der Waals surface area contributed by atoms with E-state index in [0.29, 0.717) is 18.4 Å². The van der Waals surface area contributed by atoms with Crippen molar-refractivity contribution in [1.29, 1.82) is 0 Å². The average Bonchev–Trinajstić information content (AvgIpc) is 2.66. The van der Waals surface area contributed by atoms with Crippen LogP contribution < -0.4 is 11.1 Å². The molecule has 146 valence electrons. The van der Waals surface area contributed by atoms with Crippen molar-refractivity contribution in [2.45, 2.75) is 44.9 Å². The van der Waals surface area contributed by atoms with Crippen molar-refractivity contribution in [2.24, 2.45) is 16.6 Å². The van der Waals surface area contributed by atoms with Crippen LogP contribution >= 0.6 is 24.0 Å². The van der Waals surface area contributed by atoms with Crippen LogP contribution in [0.5, 0.6) is 0 Å². The molecular weight excluding hydrogens is 441 g/mol. The zero-order valence-electron chi connectivity index (χ0n) is 15.5. The first kappa shape index (κ1) is 21.4. The van der Waals surface area contributed by atoms with Crippen molar-refractivity contribution < 1.29 is 9.47 Å². The minimum atomic E-state index is 0. The van der Waals surface area contributed by atoms with E-state index in [0.717, 1.165) is 57.8 Å². The van der Waals surface area contributed by atoms with Gasteiger partial charge in [0, 0.05) is 38.7 Å². The number of benzene rings is 1. The van der Waals surface area contributed by atoms with Gasteiger partial charge in [0.05, 0.1) is 0 Å². The number of aliphatic imine (C=N–C) groups is 1. The Labute approximate surface area is 174 Å². The Morgan fingerprint density at radius 3 is 2.88 bits per heavy atom. The SMILES string of the molecule is I.NC(=NCCCOCC1CCOCC1)Nc1cccc2c1CCCC2. The number of halogens is 1. The summed E-state index contributed by atoms with van der Waals surface area (Å²) in [5.41, 5.74) is 10.0. The van der Waals surface area contributed by atoms with Gasteiger partial charge in [0.15, 0.2) is 5.96 Å². The molecule has 0 saturated carbocycles. The van der Waals surface area contributed by atoms with Crippen molar-refractivity contribution in [3.05, 3.63) is 29.3 Å². The van der Waals surface area contributed by atoms with E-state index in [9.17, 15) is 0 Å². The quantitative estimate of drug-likeness (QED) is 0.274. The van der Waals surface area contributed by atoms with E-state index in [1.807, 2.05) is 0 Å². The van der Waals surface area contributed by atoms with Gasteiger partial charge in [-0.1, -0.05) is 12.1 Å². The summed E-state index contributed by atoms with van der Waals surface area (Å²) in [4.78, 5) is 4.44. The first-order valence-electron chi connectivity index (χ1n) is 9.66. The van der Waals surface area contributed by atoms with Crippen LogP contribution in [0.25, 0.3) is 0 Å². The second-order valence-corrected chi connectivity index (χ2v) is 7.03. The largest absolute Gasteiger partial charge is 0.381 e. The molecule has 1 fully saturated rings. The van der Waals surface area contributed by atoms with Crippen LogP contribution in [-0.2, 0) is 22.3 Å². The van der Waals surface area contributed by atoms with Crippen LogP contribution in [0, 0.1) is 5.92 Å². The molecule has 0 atom stereocenters. The average molecular weight is 473 g/mol. The second-order valence-electron chi connectivity index (χ2n) is 7.03. The zero-order chi connectivity index (χ0) is 17.3. The van der Waals surface area contributed by atoms with Gasteiger partial charge < -0.3 is 20.5 Å². The summed E-state index contributed by atoms with van der Waals surface area (Å²) in [7, 11) is 0. The zero-order valence-corrected chi connectivity index (χ0v) is 17.9. The molecule has 26 heavy (non-hydrogen) atoms. The first-order chi connectivity index (χ1) is 12.3. The molecular formula is C20H32IN3O2. The standard InChI is InChI=1S/C20H31N3O2.HI/c21-20(22-11-4-12-25-15-16-9-13-24-14-10-16)23-19-8-3-6-17-5-1-2-7-18(17)19;/h3,6,8,16H,1-2,4-5,7,9-15H2,(H3,21,22,23);1H. The number of guanidine groups is 1. The fourth-order valence-electron chi connectivity index (χ4n) is 3.61. The van der Waals surface area contributed by atoms with Crippen LogP contribution in [0.4, 0.5) is 5.69 Å². The van der Waals surface area contributed by atoms with Crippen molar-refractivity contribution in [2.75, 3.05) is 38.3 Å². The third kappa shape index (κ3) is 6.70. The van der Waals surface area contributed by atoms with Gasteiger partial charge in [-0.25, -0.2) is 0 Å². The van der Waals surface area contributed by atoms with Gasteiger partial charge >= 0.3 is 0 Å². The molecule has 5 nitrogen and oxygen atoms in total. The minimum Gasteiger partial charge on any atom is -0.381 e. The number of nitrogens with two attached hydrogens (primary N) is 1. The van der Waals surface area contributed by atoms with Crippen LogP contribution in [-0.4, -0.2) is 38.9 Å². The van der Waals surface area contributed by atoms with E-state index in [1.165, 1.54) is 30.4 Å². The monoisotopic (exact) mass is 473 g/mol. The molecule has 2 aliphatic rings. The summed E-state index contributed by atoms with van der Waals surface area (Å²) < 4.78 is 11.1. The Morgan fingerprint density at radius 1 is 1.23 bits per heavy atom. The highest BCUT2D eigenvalue weighted by Crippen LogP contribution is 2.27. The molecule has 0 radical (unpaired) electrons. The molecule has 0 aromatic heterocycles. The maximum absolute atomic E-state index is 6.05. The molecule has 1 aliphatic carbocycles. The van der Waals surface area contributed by atoms with Gasteiger partial charge in [0.25, 0.3) is 0 Å². The molecule has 3 rings (SSSR count). The number of hydrogen-bond donors (Lipinski definition) is 2. The molecule has 1 saturated heterocycles. The predicted molar refractivity (Wildman–Crippen MR) is 118 cm³/mol. The molecule has 0 bridgehead atoms. The smallest absolute Gasteiger partial charge is 0.193 e. The molecule has 1 aromatic rings. The molecule has 6 heteroatoms. The van der Waals surface area contributed by atoms with Crippen LogP contribution in [0.1, 0.15) is 43.2 Å². The number of anilines is 1. The molecule has 0 amide bonds. The topological polar surface area (TPSA) is 68.9 Å². The molecule has 3 N–H and O–H groups in total. The Balaban J connectivity index is 0.00000243. The highest BCUT2D eigenvalue weighted by Gasteiger charge is 2.14. The van der Waals surface area contributed by atoms with E-state index < -0.39 is 0 Å². The number of nitrogens with zero attached hydrogens (tertiary/aromatic N) is 1. The summed E-state index contributed by atoms with van der Waals surface area (Å²) in [5.74, 6) is 1.16. The lowest BCUT2D eigenvalue weighted by atomic mass is 9.90. The van der Waals surface area contributed by atoms with Crippen molar-refractivity contribution in [3.8, 4) is 0 Å². The van der Waals surface area contributed by atoms with Gasteiger partial charge in [0.2, 0.25) is 0 Å². The summed E-state index contributed by atoms with van der Waals surface area (Å²) in [6.45, 7) is 4.04. The second kappa shape index (κ2) is 11.8. The van der Waals surface area contributed by atoms with E-state index in [4.69, 9.17) is 15.2 Å². The number of aryl methyl sites for hydroxylation is 1. The minimum absolute atomic E-state index is 0. The van der Waals surface area contributed by atoms with Gasteiger partial charge in [-0.3, -0.25) is 4.99 Å². The lowest BCUT2D eigenvalue weighted by molar-refractivity contribution is 0.0205. The van der Waals surface area contributed by atoms with Crippen LogP contribution in [0.15, 0.2) is 23.2 Å². The maximum Gasteiger partial charge on any atom is 0.193 e. The molecule has 1 aromatic carbocycles. The summed E-state index contributed by atoms with van der Waals surface area (Å²) in [6, 6.07) is 6.43. The fraction of sp³-hybridized carbons (Fsp3) is 0.650. The molecule has 0 unspecified atom stereocenters. The normalized spacial score (nSPS) is 18.1. The van der Waals surface area contributed by atoms with Gasteiger partial charge in [-0.15, -0.1) is 24.0 Å². The van der Waals surface area contributed by atoms with Crippen molar-refractivity contribution in [1.82, 2.24) is 0 Å². The number of fused-ring (bicyclic) bond motifs is 1. The van der Waals surface area contributed by atoms with E-state index >= 15 is 0 Å². The van der Waals surface area contributed by atoms with Crippen molar-refractivity contribution in [3.63, 3.8) is 0 Å². The predicted octanol–water partition coefficient (Wildman–Crippen LogP) is 3.74. The van der Waals surface area contributed by atoms with Gasteiger partial charge in [0.1, 0.15) is 0 Å². The van der Waals surface area contributed by atoms with Crippen LogP contribution in [0.3, 0.4) is 0 Å². The van der Waals surface area contributed by atoms with Gasteiger partial charge in [-0.2, -0.15) is 0 Å². The number of ether oxygens (including phenoxy) is 2. The van der Waals surface area contributed by atoms with E-state index in [-0.39, 0.29) is 24.0 Å². The lowest BCUT2D eigenvalue weighted by Crippen LogP contribution is -2.24. The Morgan fingerprint density at radius 2 is 2.04 bits per heavy atom. The third-order valence-corrected chi connectivity index (χ3v) is 5.08. The number of hydrogen-bond acceptors (Lipinski definition) is 3. The van der Waals surface area contributed by atoms with Crippen molar-refractivity contribution >= 4 is 35.6 Å². The molecule has 1 aliphatic heterocycles. The summed E-state index contributed by atoms with van der Waals surface area (Å²) in [5, 5.41) is 3.29. The van der Waals surface area contributed by atoms with Gasteiger partial charge in [-0.05, 0) is 68.1 Å². The highest BCUT2D eigenvalue weighted by atomic mass is 127. The highest BCUT2D eigenvalue weighted by molar-refractivity contribution is 14.0. The Hall–Kier alpha value is -0.860. The molecule has 1 heterocycles. The fourth-order valence-corrected chi connectivity index (χ4v) is 3.61. The van der Waals surface area contributed by atoms with E-state index in [2.05, 4.69) is 28.5 Å². The Kier molecular flexibility index (Phi) is 9.71. The summed E-state index contributed by atoms with van der Waals surface area (Å²) in [6.07, 6.45) is 7.99.